The van der Waals surface area contributed by atoms with Gasteiger partial charge < -0.3 is 5.11 Å². The van der Waals surface area contributed by atoms with E-state index in [0.717, 1.165) is 0 Å². The number of carboxylic acids is 1. The maximum absolute atomic E-state index is 13.6. The Balaban J connectivity index is 3.14. The fraction of sp³-hybridized carbons (Fsp3) is 0.417. The summed E-state index contributed by atoms with van der Waals surface area (Å²) in [7, 11) is 0. The molecule has 0 radical (unpaired) electrons. The molecule has 2 nitrogen and oxygen atoms in total. The number of aryl methyl sites for hydroxylation is 1. The first kappa shape index (κ1) is 12.6. The Kier molecular flexibility index (Phi) is 3.62. The van der Waals surface area contributed by atoms with Crippen molar-refractivity contribution in [1.82, 2.24) is 0 Å². The molecule has 1 rings (SSSR count). The topological polar surface area (TPSA) is 37.3 Å². The van der Waals surface area contributed by atoms with Gasteiger partial charge in [0, 0.05) is 0 Å². The lowest BCUT2D eigenvalue weighted by atomic mass is 9.88. The van der Waals surface area contributed by atoms with Crippen LogP contribution in [0.15, 0.2) is 12.1 Å². The number of benzene rings is 1. The first-order chi connectivity index (χ1) is 7.36. The van der Waals surface area contributed by atoms with Crippen molar-refractivity contribution in [2.24, 2.45) is 5.92 Å². The third kappa shape index (κ3) is 2.21. The molecule has 0 aromatic heterocycles. The molecule has 0 aliphatic carbocycles. The van der Waals surface area contributed by atoms with Crippen LogP contribution in [0.25, 0.3) is 0 Å². The number of carboxylic acid groups (broad SMARTS) is 1. The van der Waals surface area contributed by atoms with Crippen molar-refractivity contribution in [2.75, 3.05) is 0 Å². The molecular formula is C12H14F2O2. The number of rotatable bonds is 3. The summed E-state index contributed by atoms with van der Waals surface area (Å²) in [6.07, 6.45) is 0. The molecule has 0 fully saturated rings. The van der Waals surface area contributed by atoms with E-state index in [4.69, 9.17) is 5.11 Å². The molecular weight excluding hydrogens is 214 g/mol. The minimum atomic E-state index is -1.02. The SMILES string of the molecule is Cc1ccc(C(C)C(C)C(=O)O)c(F)c1F. The Morgan fingerprint density at radius 1 is 1.25 bits per heavy atom. The van der Waals surface area contributed by atoms with Gasteiger partial charge in [-0.25, -0.2) is 8.78 Å². The highest BCUT2D eigenvalue weighted by Gasteiger charge is 2.25. The fourth-order valence-corrected chi connectivity index (χ4v) is 1.50. The number of hydrogen-bond donors (Lipinski definition) is 1. The van der Waals surface area contributed by atoms with E-state index in [-0.39, 0.29) is 11.1 Å². The molecule has 0 bridgehead atoms. The van der Waals surface area contributed by atoms with Crippen molar-refractivity contribution in [2.45, 2.75) is 26.7 Å². The van der Waals surface area contributed by atoms with Crippen molar-refractivity contribution in [3.8, 4) is 0 Å². The van der Waals surface area contributed by atoms with Crippen molar-refractivity contribution in [3.63, 3.8) is 0 Å². The molecule has 0 saturated carbocycles. The van der Waals surface area contributed by atoms with E-state index in [1.165, 1.54) is 26.0 Å². The van der Waals surface area contributed by atoms with E-state index in [0.29, 0.717) is 0 Å². The Labute approximate surface area is 92.9 Å². The predicted molar refractivity (Wildman–Crippen MR) is 56.3 cm³/mol. The average molecular weight is 228 g/mol. The Bertz CT molecular complexity index is 416. The third-order valence-corrected chi connectivity index (χ3v) is 2.94. The summed E-state index contributed by atoms with van der Waals surface area (Å²) < 4.78 is 26.9. The second-order valence-electron chi connectivity index (χ2n) is 4.02. The fourth-order valence-electron chi connectivity index (χ4n) is 1.50. The normalized spacial score (nSPS) is 14.6. The predicted octanol–water partition coefficient (Wildman–Crippen LogP) is 3.10. The second-order valence-corrected chi connectivity index (χ2v) is 4.02. The van der Waals surface area contributed by atoms with E-state index < -0.39 is 29.4 Å². The molecule has 4 heteroatoms. The van der Waals surface area contributed by atoms with Crippen molar-refractivity contribution in [3.05, 3.63) is 34.9 Å². The summed E-state index contributed by atoms with van der Waals surface area (Å²) in [5.74, 6) is -4.18. The van der Waals surface area contributed by atoms with Crippen LogP contribution >= 0.6 is 0 Å². The van der Waals surface area contributed by atoms with Crippen LogP contribution in [-0.2, 0) is 4.79 Å². The monoisotopic (exact) mass is 228 g/mol. The zero-order chi connectivity index (χ0) is 12.5. The van der Waals surface area contributed by atoms with Gasteiger partial charge in [0.25, 0.3) is 0 Å². The van der Waals surface area contributed by atoms with Gasteiger partial charge in [-0.05, 0) is 24.0 Å². The number of aliphatic carboxylic acids is 1. The highest BCUT2D eigenvalue weighted by atomic mass is 19.2. The largest absolute Gasteiger partial charge is 0.481 e. The van der Waals surface area contributed by atoms with E-state index >= 15 is 0 Å². The highest BCUT2D eigenvalue weighted by molar-refractivity contribution is 5.70. The van der Waals surface area contributed by atoms with Crippen LogP contribution in [0.1, 0.15) is 30.9 Å². The lowest BCUT2D eigenvalue weighted by Crippen LogP contribution is -2.18. The maximum atomic E-state index is 13.6. The first-order valence-electron chi connectivity index (χ1n) is 5.03. The van der Waals surface area contributed by atoms with Crippen molar-refractivity contribution >= 4 is 5.97 Å². The zero-order valence-electron chi connectivity index (χ0n) is 9.42. The molecule has 88 valence electrons. The molecule has 1 N–H and O–H groups in total. The lowest BCUT2D eigenvalue weighted by molar-refractivity contribution is -0.141. The van der Waals surface area contributed by atoms with E-state index in [1.807, 2.05) is 0 Å². The van der Waals surface area contributed by atoms with Gasteiger partial charge in [0.2, 0.25) is 0 Å². The highest BCUT2D eigenvalue weighted by Crippen LogP contribution is 2.28. The van der Waals surface area contributed by atoms with E-state index in [2.05, 4.69) is 0 Å². The molecule has 2 unspecified atom stereocenters. The van der Waals surface area contributed by atoms with Gasteiger partial charge in [-0.3, -0.25) is 4.79 Å². The molecule has 0 heterocycles. The first-order valence-corrected chi connectivity index (χ1v) is 5.03. The smallest absolute Gasteiger partial charge is 0.306 e. The van der Waals surface area contributed by atoms with E-state index in [9.17, 15) is 13.6 Å². The third-order valence-electron chi connectivity index (χ3n) is 2.94. The molecule has 1 aromatic rings. The van der Waals surface area contributed by atoms with E-state index in [1.54, 1.807) is 6.92 Å². The number of halogens is 2. The van der Waals surface area contributed by atoms with Crippen LogP contribution in [-0.4, -0.2) is 11.1 Å². The van der Waals surface area contributed by atoms with Gasteiger partial charge in [0.15, 0.2) is 11.6 Å². The molecule has 0 aliphatic heterocycles. The minimum absolute atomic E-state index is 0.109. The Morgan fingerprint density at radius 2 is 1.81 bits per heavy atom. The quantitative estimate of drug-likeness (QED) is 0.863. The summed E-state index contributed by atoms with van der Waals surface area (Å²) in [5, 5.41) is 8.81. The summed E-state index contributed by atoms with van der Waals surface area (Å²) in [6, 6.07) is 2.90. The van der Waals surface area contributed by atoms with Crippen LogP contribution < -0.4 is 0 Å². The zero-order valence-corrected chi connectivity index (χ0v) is 9.42. The van der Waals surface area contributed by atoms with Gasteiger partial charge in [-0.2, -0.15) is 0 Å². The van der Waals surface area contributed by atoms with Gasteiger partial charge in [-0.1, -0.05) is 26.0 Å². The molecule has 16 heavy (non-hydrogen) atoms. The molecule has 1 aromatic carbocycles. The average Bonchev–Trinajstić information content (AvgIpc) is 2.24. The van der Waals surface area contributed by atoms with Gasteiger partial charge in [0.1, 0.15) is 0 Å². The van der Waals surface area contributed by atoms with Gasteiger partial charge in [0.05, 0.1) is 5.92 Å². The summed E-state index contributed by atoms with van der Waals surface area (Å²) in [6.45, 7) is 4.52. The molecule has 0 aliphatic rings. The van der Waals surface area contributed by atoms with Crippen LogP contribution in [0, 0.1) is 24.5 Å². The minimum Gasteiger partial charge on any atom is -0.481 e. The Morgan fingerprint density at radius 3 is 2.31 bits per heavy atom. The molecule has 0 saturated heterocycles. The van der Waals surface area contributed by atoms with Gasteiger partial charge in [-0.15, -0.1) is 0 Å². The molecule has 0 spiro atoms. The van der Waals surface area contributed by atoms with Crippen LogP contribution in [0.5, 0.6) is 0 Å². The second kappa shape index (κ2) is 4.60. The maximum Gasteiger partial charge on any atom is 0.306 e. The molecule has 2 atom stereocenters. The molecule has 0 amide bonds. The number of carbonyl (C=O) groups is 1. The van der Waals surface area contributed by atoms with Crippen LogP contribution in [0.4, 0.5) is 8.78 Å². The lowest BCUT2D eigenvalue weighted by Gasteiger charge is -2.17. The summed E-state index contributed by atoms with van der Waals surface area (Å²) in [4.78, 5) is 10.8. The number of hydrogen-bond acceptors (Lipinski definition) is 1. The summed E-state index contributed by atoms with van der Waals surface area (Å²) in [5.41, 5.74) is 0.328. The van der Waals surface area contributed by atoms with Crippen molar-refractivity contribution in [1.29, 1.82) is 0 Å². The van der Waals surface area contributed by atoms with Crippen LogP contribution in [0.2, 0.25) is 0 Å². The summed E-state index contributed by atoms with van der Waals surface area (Å²) >= 11 is 0. The van der Waals surface area contributed by atoms with Gasteiger partial charge >= 0.3 is 5.97 Å². The standard InChI is InChI=1S/C12H14F2O2/c1-6-4-5-9(11(14)10(6)13)7(2)8(3)12(15)16/h4-5,7-8H,1-3H3,(H,15,16). The Hall–Kier alpha value is -1.45. The van der Waals surface area contributed by atoms with Crippen molar-refractivity contribution < 1.29 is 18.7 Å². The van der Waals surface area contributed by atoms with Crippen LogP contribution in [0.3, 0.4) is 0 Å².